The number of amides is 1. The van der Waals surface area contributed by atoms with Crippen molar-refractivity contribution in [2.24, 2.45) is 7.05 Å². The topological polar surface area (TPSA) is 142 Å². The van der Waals surface area contributed by atoms with Crippen molar-refractivity contribution in [1.29, 1.82) is 5.26 Å². The minimum atomic E-state index is -6.40. The summed E-state index contributed by atoms with van der Waals surface area (Å²) in [6.07, 6.45) is -11.5. The van der Waals surface area contributed by atoms with Gasteiger partial charge < -0.3 is 14.2 Å². The van der Waals surface area contributed by atoms with Crippen molar-refractivity contribution >= 4 is 29.6 Å². The van der Waals surface area contributed by atoms with Gasteiger partial charge >= 0.3 is 30.4 Å². The lowest BCUT2D eigenvalue weighted by atomic mass is 10.0. The molecule has 0 aliphatic heterocycles. The van der Waals surface area contributed by atoms with Crippen molar-refractivity contribution in [2.45, 2.75) is 69.4 Å². The quantitative estimate of drug-likeness (QED) is 0.122. The Morgan fingerprint density at radius 2 is 1.69 bits per heavy atom. The molecule has 0 spiro atoms. The summed E-state index contributed by atoms with van der Waals surface area (Å²) in [4.78, 5) is 38.7. The summed E-state index contributed by atoms with van der Waals surface area (Å²) in [5, 5.41) is 16.2. The summed E-state index contributed by atoms with van der Waals surface area (Å²) in [6.45, 7) is 3.72. The number of aromatic nitrogens is 4. The van der Waals surface area contributed by atoms with Crippen LogP contribution >= 0.6 is 11.6 Å². The zero-order valence-electron chi connectivity index (χ0n) is 27.0. The van der Waals surface area contributed by atoms with E-state index in [1.54, 1.807) is 20.8 Å². The fourth-order valence-corrected chi connectivity index (χ4v) is 4.90. The third-order valence-corrected chi connectivity index (χ3v) is 7.56. The highest BCUT2D eigenvalue weighted by Crippen LogP contribution is 2.49. The SMILES string of the molecule is Cn1nc(C(F)(F)C(F)(F)F)c(C(F)(F)F)c1-n1cc(-c2ccc(Cl)c(C(=O)N(COC(=O)OCCC(=O)OC(C)(C)C)C3(C#N)CC3)c2)cn1. The highest BCUT2D eigenvalue weighted by Gasteiger charge is 2.64. The Labute approximate surface area is 288 Å². The number of rotatable bonds is 10. The third-order valence-electron chi connectivity index (χ3n) is 7.23. The first kappa shape index (κ1) is 38.9. The predicted octanol–water partition coefficient (Wildman–Crippen LogP) is 6.94. The second-order valence-electron chi connectivity index (χ2n) is 12.2. The number of benzene rings is 1. The van der Waals surface area contributed by atoms with Gasteiger partial charge in [-0.1, -0.05) is 17.7 Å². The molecule has 0 bridgehead atoms. The molecule has 2 heterocycles. The number of carbonyl (C=O) groups is 3. The number of nitriles is 1. The van der Waals surface area contributed by atoms with Crippen molar-refractivity contribution < 1.29 is 63.7 Å². The van der Waals surface area contributed by atoms with E-state index in [1.165, 1.54) is 12.1 Å². The summed E-state index contributed by atoms with van der Waals surface area (Å²) in [7, 11) is 0.720. The Morgan fingerprint density at radius 3 is 2.24 bits per heavy atom. The number of aryl methyl sites for hydroxylation is 1. The molecule has 1 aliphatic carbocycles. The lowest BCUT2D eigenvalue weighted by Gasteiger charge is -2.27. The molecule has 12 nitrogen and oxygen atoms in total. The normalized spacial score (nSPS) is 14.4. The van der Waals surface area contributed by atoms with E-state index in [0.717, 1.165) is 30.4 Å². The monoisotopic (exact) mass is 754 g/mol. The van der Waals surface area contributed by atoms with Crippen molar-refractivity contribution in [3.05, 3.63) is 52.4 Å². The summed E-state index contributed by atoms with van der Waals surface area (Å²) in [6, 6.07) is 5.64. The number of carbonyl (C=O) groups excluding carboxylic acids is 3. The van der Waals surface area contributed by atoms with E-state index < -0.39 is 77.9 Å². The molecule has 1 aliphatic rings. The average Bonchev–Trinajstić information content (AvgIpc) is 3.46. The number of nitrogens with zero attached hydrogens (tertiary/aromatic N) is 6. The number of hydrogen-bond donors (Lipinski definition) is 0. The van der Waals surface area contributed by atoms with Crippen LogP contribution in [0.15, 0.2) is 30.6 Å². The molecule has 51 heavy (non-hydrogen) atoms. The number of alkyl halides is 8. The van der Waals surface area contributed by atoms with Gasteiger partial charge in [0.25, 0.3) is 5.91 Å². The molecule has 0 saturated heterocycles. The fourth-order valence-electron chi connectivity index (χ4n) is 4.70. The van der Waals surface area contributed by atoms with E-state index >= 15 is 0 Å². The standard InChI is InChI=1S/C30H27ClF8N6O6/c1-26(2,3)51-20(46)7-10-49-25(48)50-15-44(27(14-40)8-9-27)24(47)18-11-16(5-6-19(18)31)17-12-41-45(13-17)23-21(29(34,35)36)22(42-43(23)4)28(32,33)30(37,38)39/h5-6,11-13H,7-10,15H2,1-4H3. The zero-order chi connectivity index (χ0) is 38.3. The fraction of sp³-hybridized carbons (Fsp3) is 0.467. The zero-order valence-corrected chi connectivity index (χ0v) is 27.7. The van der Waals surface area contributed by atoms with E-state index in [4.69, 9.17) is 25.8 Å². The van der Waals surface area contributed by atoms with Gasteiger partial charge in [-0.25, -0.2) is 14.2 Å². The minimum absolute atomic E-state index is 0.0445. The van der Waals surface area contributed by atoms with Crippen LogP contribution in [-0.4, -0.2) is 73.1 Å². The molecule has 1 fully saturated rings. The Bertz CT molecular complexity index is 1870. The first-order valence-electron chi connectivity index (χ1n) is 14.6. The lowest BCUT2D eigenvalue weighted by molar-refractivity contribution is -0.292. The number of halogens is 9. The molecule has 0 unspecified atom stereocenters. The second kappa shape index (κ2) is 13.7. The van der Waals surface area contributed by atoms with Crippen LogP contribution in [0.1, 0.15) is 61.6 Å². The van der Waals surface area contributed by atoms with Crippen LogP contribution in [-0.2, 0) is 38.2 Å². The Morgan fingerprint density at radius 1 is 1.04 bits per heavy atom. The van der Waals surface area contributed by atoms with Crippen LogP contribution in [0.4, 0.5) is 39.9 Å². The molecular weight excluding hydrogens is 728 g/mol. The maximum absolute atomic E-state index is 14.2. The molecule has 1 saturated carbocycles. The van der Waals surface area contributed by atoms with Crippen molar-refractivity contribution in [3.8, 4) is 23.0 Å². The van der Waals surface area contributed by atoms with E-state index in [1.807, 2.05) is 6.07 Å². The molecule has 0 atom stereocenters. The third kappa shape index (κ3) is 8.35. The van der Waals surface area contributed by atoms with Gasteiger partial charge in [-0.05, 0) is 51.3 Å². The Hall–Kier alpha value is -4.93. The number of esters is 1. The van der Waals surface area contributed by atoms with Gasteiger partial charge in [-0.2, -0.15) is 50.6 Å². The summed E-state index contributed by atoms with van der Waals surface area (Å²) in [5.74, 6) is -8.80. The van der Waals surface area contributed by atoms with Gasteiger partial charge in [0.1, 0.15) is 23.3 Å². The maximum Gasteiger partial charge on any atom is 0.510 e. The molecule has 2 aromatic heterocycles. The van der Waals surface area contributed by atoms with Crippen LogP contribution in [0.25, 0.3) is 16.9 Å². The van der Waals surface area contributed by atoms with Crippen molar-refractivity contribution in [3.63, 3.8) is 0 Å². The van der Waals surface area contributed by atoms with Gasteiger partial charge in [0.2, 0.25) is 0 Å². The molecule has 0 N–H and O–H groups in total. The van der Waals surface area contributed by atoms with Gasteiger partial charge in [0, 0.05) is 18.8 Å². The molecule has 4 rings (SSSR count). The van der Waals surface area contributed by atoms with Gasteiger partial charge in [0.15, 0.2) is 18.2 Å². The molecular formula is C30H27ClF8N6O6. The lowest BCUT2D eigenvalue weighted by Crippen LogP contribution is -2.43. The van der Waals surface area contributed by atoms with Gasteiger partial charge in [-0.3, -0.25) is 14.5 Å². The Balaban J connectivity index is 1.60. The van der Waals surface area contributed by atoms with Gasteiger partial charge in [0.05, 0.1) is 29.3 Å². The summed E-state index contributed by atoms with van der Waals surface area (Å²) >= 11 is 6.29. The molecule has 1 aromatic carbocycles. The average molecular weight is 755 g/mol. The maximum atomic E-state index is 14.2. The molecule has 276 valence electrons. The first-order valence-corrected chi connectivity index (χ1v) is 15.0. The van der Waals surface area contributed by atoms with E-state index in [9.17, 15) is 54.8 Å². The highest BCUT2D eigenvalue weighted by atomic mass is 35.5. The van der Waals surface area contributed by atoms with E-state index in [2.05, 4.69) is 10.2 Å². The van der Waals surface area contributed by atoms with E-state index in [0.29, 0.717) is 4.68 Å². The van der Waals surface area contributed by atoms with Gasteiger partial charge in [-0.15, -0.1) is 0 Å². The first-order chi connectivity index (χ1) is 23.4. The van der Waals surface area contributed by atoms with Crippen molar-refractivity contribution in [1.82, 2.24) is 24.5 Å². The summed E-state index contributed by atoms with van der Waals surface area (Å²) in [5.41, 5.74) is -7.37. The smallest absolute Gasteiger partial charge is 0.460 e. The highest BCUT2D eigenvalue weighted by molar-refractivity contribution is 6.34. The Kier molecular flexibility index (Phi) is 10.4. The van der Waals surface area contributed by atoms with Crippen LogP contribution in [0.3, 0.4) is 0 Å². The second-order valence-corrected chi connectivity index (χ2v) is 12.6. The van der Waals surface area contributed by atoms with Crippen molar-refractivity contribution in [2.75, 3.05) is 13.3 Å². The van der Waals surface area contributed by atoms with Crippen LogP contribution in [0, 0.1) is 11.3 Å². The van der Waals surface area contributed by atoms with Crippen LogP contribution in [0.5, 0.6) is 0 Å². The molecule has 21 heteroatoms. The molecule has 1 amide bonds. The van der Waals surface area contributed by atoms with Crippen LogP contribution < -0.4 is 0 Å². The number of hydrogen-bond acceptors (Lipinski definition) is 9. The summed E-state index contributed by atoms with van der Waals surface area (Å²) < 4.78 is 125. The number of ether oxygens (including phenoxy) is 3. The minimum Gasteiger partial charge on any atom is -0.460 e. The molecule has 0 radical (unpaired) electrons. The molecule has 3 aromatic rings. The van der Waals surface area contributed by atoms with Crippen LogP contribution in [0.2, 0.25) is 5.02 Å². The largest absolute Gasteiger partial charge is 0.510 e. The van der Waals surface area contributed by atoms with E-state index in [-0.39, 0.29) is 45.7 Å². The predicted molar refractivity (Wildman–Crippen MR) is 157 cm³/mol.